The highest BCUT2D eigenvalue weighted by Crippen LogP contribution is 2.22. The number of fused-ring (bicyclic) bond motifs is 1. The number of benzene rings is 2. The van der Waals surface area contributed by atoms with E-state index < -0.39 is 0 Å². The molecule has 0 fully saturated rings. The SMILES string of the molecule is Cl.Nc1nc(-c2ccccc2)nc2ccccc12. The van der Waals surface area contributed by atoms with Gasteiger partial charge in [-0.15, -0.1) is 12.4 Å². The maximum Gasteiger partial charge on any atom is 0.162 e. The lowest BCUT2D eigenvalue weighted by molar-refractivity contribution is 1.23. The molecule has 0 saturated carbocycles. The minimum Gasteiger partial charge on any atom is -0.383 e. The van der Waals surface area contributed by atoms with Gasteiger partial charge in [0.05, 0.1) is 5.52 Å². The van der Waals surface area contributed by atoms with E-state index >= 15 is 0 Å². The fraction of sp³-hybridized carbons (Fsp3) is 0. The number of nitrogen functional groups attached to an aromatic ring is 1. The van der Waals surface area contributed by atoms with E-state index in [1.807, 2.05) is 54.6 Å². The molecule has 0 atom stereocenters. The normalized spacial score (nSPS) is 10.0. The molecule has 0 unspecified atom stereocenters. The first-order valence-corrected chi connectivity index (χ1v) is 5.42. The highest BCUT2D eigenvalue weighted by Gasteiger charge is 2.05. The largest absolute Gasteiger partial charge is 0.383 e. The van der Waals surface area contributed by atoms with E-state index in [9.17, 15) is 0 Å². The average Bonchev–Trinajstić information content (AvgIpc) is 2.40. The van der Waals surface area contributed by atoms with Crippen LogP contribution in [0.2, 0.25) is 0 Å². The van der Waals surface area contributed by atoms with E-state index in [0.29, 0.717) is 11.6 Å². The van der Waals surface area contributed by atoms with Crippen LogP contribution in [0.5, 0.6) is 0 Å². The summed E-state index contributed by atoms with van der Waals surface area (Å²) in [6.07, 6.45) is 0. The molecule has 0 aliphatic carbocycles. The van der Waals surface area contributed by atoms with Gasteiger partial charge in [-0.25, -0.2) is 9.97 Å². The standard InChI is InChI=1S/C14H11N3.ClH/c15-13-11-8-4-5-9-12(11)16-14(17-13)10-6-2-1-3-7-10;/h1-9H,(H2,15,16,17);1H. The van der Waals surface area contributed by atoms with Gasteiger partial charge in [-0.05, 0) is 12.1 Å². The van der Waals surface area contributed by atoms with E-state index in [-0.39, 0.29) is 12.4 Å². The van der Waals surface area contributed by atoms with Crippen molar-refractivity contribution < 1.29 is 0 Å². The van der Waals surface area contributed by atoms with Crippen molar-refractivity contribution in [2.45, 2.75) is 0 Å². The maximum atomic E-state index is 5.94. The molecule has 18 heavy (non-hydrogen) atoms. The molecule has 0 radical (unpaired) electrons. The van der Waals surface area contributed by atoms with Gasteiger partial charge in [0, 0.05) is 10.9 Å². The van der Waals surface area contributed by atoms with Crippen LogP contribution in [-0.2, 0) is 0 Å². The first-order chi connectivity index (χ1) is 8.34. The lowest BCUT2D eigenvalue weighted by Crippen LogP contribution is -1.97. The van der Waals surface area contributed by atoms with Crippen LogP contribution in [0.4, 0.5) is 5.82 Å². The zero-order chi connectivity index (χ0) is 11.7. The highest BCUT2D eigenvalue weighted by molar-refractivity contribution is 5.89. The minimum atomic E-state index is 0. The summed E-state index contributed by atoms with van der Waals surface area (Å²) >= 11 is 0. The molecule has 3 rings (SSSR count). The molecule has 2 aromatic carbocycles. The molecule has 3 aromatic rings. The Kier molecular flexibility index (Phi) is 3.44. The molecule has 4 heteroatoms. The number of halogens is 1. The molecule has 0 aliphatic heterocycles. The molecular weight excluding hydrogens is 246 g/mol. The molecule has 0 bridgehead atoms. The van der Waals surface area contributed by atoms with Gasteiger partial charge in [-0.2, -0.15) is 0 Å². The van der Waals surface area contributed by atoms with Crippen molar-refractivity contribution in [3.63, 3.8) is 0 Å². The van der Waals surface area contributed by atoms with Crippen molar-refractivity contribution in [3.05, 3.63) is 54.6 Å². The fourth-order valence-electron chi connectivity index (χ4n) is 1.82. The average molecular weight is 258 g/mol. The number of rotatable bonds is 1. The van der Waals surface area contributed by atoms with Gasteiger partial charge in [0.2, 0.25) is 0 Å². The predicted octanol–water partition coefficient (Wildman–Crippen LogP) is 3.30. The van der Waals surface area contributed by atoms with Crippen molar-refractivity contribution in [1.82, 2.24) is 9.97 Å². The first-order valence-electron chi connectivity index (χ1n) is 5.42. The third-order valence-corrected chi connectivity index (χ3v) is 2.66. The summed E-state index contributed by atoms with van der Waals surface area (Å²) < 4.78 is 0. The summed E-state index contributed by atoms with van der Waals surface area (Å²) in [5.41, 5.74) is 7.79. The molecule has 0 saturated heterocycles. The van der Waals surface area contributed by atoms with Crippen LogP contribution < -0.4 is 5.73 Å². The van der Waals surface area contributed by atoms with Crippen LogP contribution in [0.3, 0.4) is 0 Å². The van der Waals surface area contributed by atoms with Crippen molar-refractivity contribution >= 4 is 29.1 Å². The summed E-state index contributed by atoms with van der Waals surface area (Å²) in [6, 6.07) is 17.6. The van der Waals surface area contributed by atoms with Crippen molar-refractivity contribution in [2.24, 2.45) is 0 Å². The fourth-order valence-corrected chi connectivity index (χ4v) is 1.82. The second-order valence-electron chi connectivity index (χ2n) is 3.82. The smallest absolute Gasteiger partial charge is 0.162 e. The Morgan fingerprint density at radius 1 is 0.778 bits per heavy atom. The summed E-state index contributed by atoms with van der Waals surface area (Å²) in [6.45, 7) is 0. The lowest BCUT2D eigenvalue weighted by atomic mass is 10.2. The Bertz CT molecular complexity index is 668. The third kappa shape index (κ3) is 2.13. The van der Waals surface area contributed by atoms with Crippen LogP contribution in [-0.4, -0.2) is 9.97 Å². The Morgan fingerprint density at radius 3 is 2.22 bits per heavy atom. The number of nitrogens with two attached hydrogens (primary N) is 1. The Hall–Kier alpha value is -2.13. The van der Waals surface area contributed by atoms with Gasteiger partial charge in [0.25, 0.3) is 0 Å². The molecule has 0 spiro atoms. The van der Waals surface area contributed by atoms with Crippen LogP contribution in [0.15, 0.2) is 54.6 Å². The zero-order valence-electron chi connectivity index (χ0n) is 9.58. The summed E-state index contributed by atoms with van der Waals surface area (Å²) in [7, 11) is 0. The van der Waals surface area contributed by atoms with Gasteiger partial charge < -0.3 is 5.73 Å². The molecule has 0 amide bonds. The zero-order valence-corrected chi connectivity index (χ0v) is 10.4. The van der Waals surface area contributed by atoms with Crippen molar-refractivity contribution in [2.75, 3.05) is 5.73 Å². The van der Waals surface area contributed by atoms with Crippen LogP contribution >= 0.6 is 12.4 Å². The van der Waals surface area contributed by atoms with E-state index in [4.69, 9.17) is 5.73 Å². The maximum absolute atomic E-state index is 5.94. The molecule has 2 N–H and O–H groups in total. The van der Waals surface area contributed by atoms with E-state index in [2.05, 4.69) is 9.97 Å². The van der Waals surface area contributed by atoms with Gasteiger partial charge in [-0.1, -0.05) is 42.5 Å². The molecule has 1 heterocycles. The Morgan fingerprint density at radius 2 is 1.44 bits per heavy atom. The number of hydrogen-bond acceptors (Lipinski definition) is 3. The first kappa shape index (κ1) is 12.3. The molecular formula is C14H12ClN3. The molecule has 3 nitrogen and oxygen atoms in total. The number of hydrogen-bond donors (Lipinski definition) is 1. The van der Waals surface area contributed by atoms with Crippen molar-refractivity contribution in [1.29, 1.82) is 0 Å². The topological polar surface area (TPSA) is 51.8 Å². The number of para-hydroxylation sites is 1. The lowest BCUT2D eigenvalue weighted by Gasteiger charge is -2.04. The minimum absolute atomic E-state index is 0. The van der Waals surface area contributed by atoms with Gasteiger partial charge in [-0.3, -0.25) is 0 Å². The Balaban J connectivity index is 0.00000120. The highest BCUT2D eigenvalue weighted by atomic mass is 35.5. The second-order valence-corrected chi connectivity index (χ2v) is 3.82. The predicted molar refractivity (Wildman–Crippen MR) is 76.6 cm³/mol. The molecule has 90 valence electrons. The number of anilines is 1. The molecule has 1 aromatic heterocycles. The second kappa shape index (κ2) is 5.02. The quantitative estimate of drug-likeness (QED) is 0.728. The van der Waals surface area contributed by atoms with Gasteiger partial charge in [0.1, 0.15) is 5.82 Å². The van der Waals surface area contributed by atoms with Crippen LogP contribution in [0, 0.1) is 0 Å². The van der Waals surface area contributed by atoms with E-state index in [1.54, 1.807) is 0 Å². The summed E-state index contributed by atoms with van der Waals surface area (Å²) in [4.78, 5) is 8.85. The van der Waals surface area contributed by atoms with Crippen LogP contribution in [0.25, 0.3) is 22.3 Å². The monoisotopic (exact) mass is 257 g/mol. The summed E-state index contributed by atoms with van der Waals surface area (Å²) in [5.74, 6) is 1.19. The van der Waals surface area contributed by atoms with Crippen LogP contribution in [0.1, 0.15) is 0 Å². The van der Waals surface area contributed by atoms with E-state index in [0.717, 1.165) is 16.5 Å². The van der Waals surface area contributed by atoms with Crippen molar-refractivity contribution in [3.8, 4) is 11.4 Å². The summed E-state index contributed by atoms with van der Waals surface area (Å²) in [5, 5.41) is 0.896. The number of aromatic nitrogens is 2. The van der Waals surface area contributed by atoms with E-state index in [1.165, 1.54) is 0 Å². The van der Waals surface area contributed by atoms with Gasteiger partial charge >= 0.3 is 0 Å². The number of nitrogens with zero attached hydrogens (tertiary/aromatic N) is 2. The van der Waals surface area contributed by atoms with Gasteiger partial charge in [0.15, 0.2) is 5.82 Å². The third-order valence-electron chi connectivity index (χ3n) is 2.66. The molecule has 0 aliphatic rings. The Labute approximate surface area is 111 Å².